The number of aryl methyl sites for hydroxylation is 1. The number of fused-ring (bicyclic) bond motifs is 1. The van der Waals surface area contributed by atoms with Gasteiger partial charge in [0.25, 0.3) is 5.91 Å². The van der Waals surface area contributed by atoms with Gasteiger partial charge < -0.3 is 16.0 Å². The Kier molecular flexibility index (Phi) is 3.43. The molecule has 0 aromatic carbocycles. The molecule has 0 spiro atoms. The van der Waals surface area contributed by atoms with E-state index in [4.69, 9.17) is 11.5 Å². The summed E-state index contributed by atoms with van der Waals surface area (Å²) in [7, 11) is 0. The SMILES string of the molecule is CCn1c(N)c(C(N)=O)c(=O)c2cnc(SC)nc21. The molecule has 0 fully saturated rings. The van der Waals surface area contributed by atoms with Crippen LogP contribution in [-0.2, 0) is 6.54 Å². The number of hydrogen-bond acceptors (Lipinski definition) is 6. The Bertz CT molecular complexity index is 725. The van der Waals surface area contributed by atoms with Crippen LogP contribution in [-0.4, -0.2) is 26.7 Å². The number of primary amides is 1. The number of carbonyl (C=O) groups is 1. The number of nitrogen functional groups attached to an aromatic ring is 1. The zero-order valence-corrected chi connectivity index (χ0v) is 11.3. The molecule has 4 N–H and O–H groups in total. The third-order valence-electron chi connectivity index (χ3n) is 2.77. The van der Waals surface area contributed by atoms with Crippen LogP contribution in [0, 0.1) is 0 Å². The van der Waals surface area contributed by atoms with E-state index in [-0.39, 0.29) is 16.8 Å². The van der Waals surface area contributed by atoms with Gasteiger partial charge in [0.2, 0.25) is 5.43 Å². The number of nitrogens with two attached hydrogens (primary N) is 2. The van der Waals surface area contributed by atoms with Crippen LogP contribution in [0.2, 0.25) is 0 Å². The highest BCUT2D eigenvalue weighted by Crippen LogP contribution is 2.18. The van der Waals surface area contributed by atoms with Crippen molar-refractivity contribution in [3.8, 4) is 0 Å². The molecule has 2 rings (SSSR count). The first-order chi connectivity index (χ1) is 9.01. The van der Waals surface area contributed by atoms with E-state index in [0.717, 1.165) is 0 Å². The van der Waals surface area contributed by atoms with Gasteiger partial charge in [-0.25, -0.2) is 9.97 Å². The van der Waals surface area contributed by atoms with E-state index in [1.165, 1.54) is 18.0 Å². The topological polar surface area (TPSA) is 117 Å². The Hall–Kier alpha value is -2.09. The van der Waals surface area contributed by atoms with Gasteiger partial charge in [-0.3, -0.25) is 9.59 Å². The lowest BCUT2D eigenvalue weighted by Gasteiger charge is -2.13. The fourth-order valence-corrected chi connectivity index (χ4v) is 2.22. The number of aromatic nitrogens is 3. The first-order valence-electron chi connectivity index (χ1n) is 5.54. The number of nitrogens with zero attached hydrogens (tertiary/aromatic N) is 3. The monoisotopic (exact) mass is 279 g/mol. The molecule has 19 heavy (non-hydrogen) atoms. The van der Waals surface area contributed by atoms with Crippen molar-refractivity contribution >= 4 is 34.5 Å². The summed E-state index contributed by atoms with van der Waals surface area (Å²) in [5, 5.41) is 0.767. The van der Waals surface area contributed by atoms with Crippen molar-refractivity contribution < 1.29 is 4.79 Å². The van der Waals surface area contributed by atoms with Gasteiger partial charge in [-0.15, -0.1) is 0 Å². The highest BCUT2D eigenvalue weighted by molar-refractivity contribution is 7.98. The number of carbonyl (C=O) groups excluding carboxylic acids is 1. The van der Waals surface area contributed by atoms with E-state index in [0.29, 0.717) is 17.3 Å². The van der Waals surface area contributed by atoms with Crippen LogP contribution < -0.4 is 16.9 Å². The summed E-state index contributed by atoms with van der Waals surface area (Å²) in [5.41, 5.74) is 10.7. The maximum absolute atomic E-state index is 12.2. The number of amides is 1. The fourth-order valence-electron chi connectivity index (χ4n) is 1.88. The van der Waals surface area contributed by atoms with Crippen molar-refractivity contribution in [2.24, 2.45) is 5.73 Å². The smallest absolute Gasteiger partial charge is 0.256 e. The van der Waals surface area contributed by atoms with Gasteiger partial charge in [-0.05, 0) is 13.2 Å². The van der Waals surface area contributed by atoms with E-state index in [1.54, 1.807) is 4.57 Å². The lowest BCUT2D eigenvalue weighted by atomic mass is 10.2. The van der Waals surface area contributed by atoms with Gasteiger partial charge in [0.05, 0.1) is 5.39 Å². The maximum atomic E-state index is 12.2. The minimum Gasteiger partial charge on any atom is -0.384 e. The standard InChI is InChI=1S/C11H13N5O2S/c1-3-16-8(12)6(9(13)18)7(17)5-4-14-11(19-2)15-10(5)16/h4H,3,12H2,1-2H3,(H2,13,18). The average Bonchev–Trinajstić information content (AvgIpc) is 2.38. The van der Waals surface area contributed by atoms with Gasteiger partial charge >= 0.3 is 0 Å². The summed E-state index contributed by atoms with van der Waals surface area (Å²) < 4.78 is 1.58. The Balaban J connectivity index is 2.99. The summed E-state index contributed by atoms with van der Waals surface area (Å²) in [6.45, 7) is 2.31. The van der Waals surface area contributed by atoms with Crippen LogP contribution in [0.3, 0.4) is 0 Å². The molecule has 0 unspecified atom stereocenters. The Labute approximate surface area is 113 Å². The van der Waals surface area contributed by atoms with Crippen molar-refractivity contribution in [1.82, 2.24) is 14.5 Å². The second-order valence-electron chi connectivity index (χ2n) is 3.79. The lowest BCUT2D eigenvalue weighted by molar-refractivity contribution is 0.1000. The fraction of sp³-hybridized carbons (Fsp3) is 0.273. The largest absolute Gasteiger partial charge is 0.384 e. The molecule has 0 radical (unpaired) electrons. The molecular formula is C11H13N5O2S. The molecule has 0 aliphatic carbocycles. The lowest BCUT2D eigenvalue weighted by Crippen LogP contribution is -2.28. The highest BCUT2D eigenvalue weighted by Gasteiger charge is 2.19. The van der Waals surface area contributed by atoms with E-state index in [2.05, 4.69) is 9.97 Å². The molecule has 0 aliphatic rings. The third kappa shape index (κ3) is 2.03. The number of anilines is 1. The second-order valence-corrected chi connectivity index (χ2v) is 4.57. The van der Waals surface area contributed by atoms with Gasteiger partial charge in [0.15, 0.2) is 5.16 Å². The average molecular weight is 279 g/mol. The highest BCUT2D eigenvalue weighted by atomic mass is 32.2. The Morgan fingerprint density at radius 1 is 1.53 bits per heavy atom. The first kappa shape index (κ1) is 13.3. The van der Waals surface area contributed by atoms with Crippen molar-refractivity contribution in [1.29, 1.82) is 0 Å². The van der Waals surface area contributed by atoms with Gasteiger partial charge in [-0.2, -0.15) is 0 Å². The third-order valence-corrected chi connectivity index (χ3v) is 3.33. The van der Waals surface area contributed by atoms with E-state index >= 15 is 0 Å². The molecular weight excluding hydrogens is 266 g/mol. The predicted octanol–water partition coefficient (Wildman–Crippen LogP) is 0.214. The van der Waals surface area contributed by atoms with Crippen LogP contribution in [0.15, 0.2) is 16.1 Å². The summed E-state index contributed by atoms with van der Waals surface area (Å²) in [5.74, 6) is -0.807. The first-order valence-corrected chi connectivity index (χ1v) is 6.76. The van der Waals surface area contributed by atoms with Crippen LogP contribution in [0.25, 0.3) is 11.0 Å². The van der Waals surface area contributed by atoms with E-state index in [1.807, 2.05) is 13.2 Å². The summed E-state index contributed by atoms with van der Waals surface area (Å²) in [6, 6.07) is 0. The van der Waals surface area contributed by atoms with Crippen molar-refractivity contribution in [2.45, 2.75) is 18.6 Å². The summed E-state index contributed by atoms with van der Waals surface area (Å²) in [6.07, 6.45) is 3.23. The molecule has 2 aromatic heterocycles. The van der Waals surface area contributed by atoms with Crippen LogP contribution in [0.1, 0.15) is 17.3 Å². The van der Waals surface area contributed by atoms with Crippen molar-refractivity contribution in [3.63, 3.8) is 0 Å². The minimum absolute atomic E-state index is 0.0400. The van der Waals surface area contributed by atoms with E-state index in [9.17, 15) is 9.59 Å². The zero-order chi connectivity index (χ0) is 14.2. The van der Waals surface area contributed by atoms with Crippen molar-refractivity contribution in [3.05, 3.63) is 22.0 Å². The molecule has 1 amide bonds. The van der Waals surface area contributed by atoms with Gasteiger partial charge in [-0.1, -0.05) is 11.8 Å². The Morgan fingerprint density at radius 3 is 2.74 bits per heavy atom. The number of hydrogen-bond donors (Lipinski definition) is 2. The zero-order valence-electron chi connectivity index (χ0n) is 10.5. The molecule has 0 saturated carbocycles. The van der Waals surface area contributed by atoms with Crippen LogP contribution in [0.4, 0.5) is 5.82 Å². The molecule has 0 atom stereocenters. The molecule has 0 bridgehead atoms. The quantitative estimate of drug-likeness (QED) is 0.613. The molecule has 0 saturated heterocycles. The normalized spacial score (nSPS) is 10.8. The summed E-state index contributed by atoms with van der Waals surface area (Å²) >= 11 is 1.36. The van der Waals surface area contributed by atoms with Crippen LogP contribution in [0.5, 0.6) is 0 Å². The number of pyridine rings is 1. The molecule has 2 aromatic rings. The second kappa shape index (κ2) is 4.88. The Morgan fingerprint density at radius 2 is 2.21 bits per heavy atom. The molecule has 8 heteroatoms. The minimum atomic E-state index is -0.847. The van der Waals surface area contributed by atoms with Crippen LogP contribution >= 0.6 is 11.8 Å². The molecule has 7 nitrogen and oxygen atoms in total. The summed E-state index contributed by atoms with van der Waals surface area (Å²) in [4.78, 5) is 31.8. The number of thioether (sulfide) groups is 1. The van der Waals surface area contributed by atoms with Gasteiger partial charge in [0.1, 0.15) is 17.0 Å². The van der Waals surface area contributed by atoms with Gasteiger partial charge in [0, 0.05) is 12.7 Å². The predicted molar refractivity (Wildman–Crippen MR) is 74.2 cm³/mol. The van der Waals surface area contributed by atoms with Crippen molar-refractivity contribution in [2.75, 3.05) is 12.0 Å². The molecule has 100 valence electrons. The molecule has 0 aliphatic heterocycles. The van der Waals surface area contributed by atoms with E-state index < -0.39 is 11.3 Å². The maximum Gasteiger partial charge on any atom is 0.256 e. The molecule has 2 heterocycles. The number of rotatable bonds is 3.